The van der Waals surface area contributed by atoms with Gasteiger partial charge < -0.3 is 5.73 Å². The number of aromatic nitrogens is 2. The minimum absolute atomic E-state index is 0.546. The largest absolute Gasteiger partial charge is 0.384 e. The summed E-state index contributed by atoms with van der Waals surface area (Å²) in [5, 5.41) is 2.03. The van der Waals surface area contributed by atoms with Crippen molar-refractivity contribution in [2.24, 2.45) is 0 Å². The van der Waals surface area contributed by atoms with E-state index in [1.165, 1.54) is 0 Å². The van der Waals surface area contributed by atoms with E-state index < -0.39 is 0 Å². The molecule has 2 aromatic heterocycles. The Labute approximate surface area is 90.4 Å². The van der Waals surface area contributed by atoms with E-state index in [0.29, 0.717) is 5.82 Å². The van der Waals surface area contributed by atoms with Gasteiger partial charge in [-0.05, 0) is 19.1 Å². The molecule has 5 heteroatoms. The maximum atomic E-state index is 5.49. The standard InChI is InChI=1S/C9H9N3S2/c1-6-5-13-9(12-6)14-7-2-3-8(10)11-4-7/h2-5H,1H3,(H2,10,11). The van der Waals surface area contributed by atoms with Crippen LogP contribution in [0.15, 0.2) is 32.9 Å². The van der Waals surface area contributed by atoms with Crippen molar-refractivity contribution in [2.45, 2.75) is 16.2 Å². The van der Waals surface area contributed by atoms with Crippen LogP contribution >= 0.6 is 23.1 Å². The van der Waals surface area contributed by atoms with Gasteiger partial charge in [0.2, 0.25) is 0 Å². The zero-order valence-electron chi connectivity index (χ0n) is 7.60. The topological polar surface area (TPSA) is 51.8 Å². The van der Waals surface area contributed by atoms with Gasteiger partial charge in [0, 0.05) is 22.2 Å². The average Bonchev–Trinajstić information content (AvgIpc) is 2.56. The van der Waals surface area contributed by atoms with Crippen LogP contribution in [0.4, 0.5) is 5.82 Å². The minimum atomic E-state index is 0.546. The second-order valence-electron chi connectivity index (χ2n) is 2.78. The van der Waals surface area contributed by atoms with E-state index in [0.717, 1.165) is 14.9 Å². The Hall–Kier alpha value is -1.07. The van der Waals surface area contributed by atoms with Gasteiger partial charge in [0.15, 0.2) is 4.34 Å². The van der Waals surface area contributed by atoms with Crippen LogP contribution in [0.2, 0.25) is 0 Å². The molecule has 3 nitrogen and oxygen atoms in total. The minimum Gasteiger partial charge on any atom is -0.384 e. The second kappa shape index (κ2) is 3.98. The Balaban J connectivity index is 2.15. The van der Waals surface area contributed by atoms with Crippen molar-refractivity contribution in [3.05, 3.63) is 29.4 Å². The quantitative estimate of drug-likeness (QED) is 0.850. The van der Waals surface area contributed by atoms with E-state index in [1.807, 2.05) is 18.4 Å². The van der Waals surface area contributed by atoms with Crippen molar-refractivity contribution in [2.75, 3.05) is 5.73 Å². The second-order valence-corrected chi connectivity index (χ2v) is 4.95. The van der Waals surface area contributed by atoms with E-state index in [4.69, 9.17) is 5.73 Å². The zero-order valence-corrected chi connectivity index (χ0v) is 9.23. The summed E-state index contributed by atoms with van der Waals surface area (Å²) < 4.78 is 1.04. The summed E-state index contributed by atoms with van der Waals surface area (Å²) in [6.07, 6.45) is 1.76. The van der Waals surface area contributed by atoms with E-state index >= 15 is 0 Å². The molecular weight excluding hydrogens is 214 g/mol. The van der Waals surface area contributed by atoms with E-state index in [1.54, 1.807) is 35.4 Å². The van der Waals surface area contributed by atoms with Crippen molar-refractivity contribution < 1.29 is 0 Å². The highest BCUT2D eigenvalue weighted by molar-refractivity contribution is 8.01. The molecule has 0 fully saturated rings. The van der Waals surface area contributed by atoms with Gasteiger partial charge in [-0.25, -0.2) is 9.97 Å². The fourth-order valence-electron chi connectivity index (χ4n) is 0.932. The summed E-state index contributed by atoms with van der Waals surface area (Å²) in [4.78, 5) is 9.43. The molecule has 14 heavy (non-hydrogen) atoms. The molecule has 0 atom stereocenters. The zero-order chi connectivity index (χ0) is 9.97. The molecule has 2 N–H and O–H groups in total. The number of aryl methyl sites for hydroxylation is 1. The number of nitrogens with two attached hydrogens (primary N) is 1. The van der Waals surface area contributed by atoms with Crippen LogP contribution in [-0.4, -0.2) is 9.97 Å². The van der Waals surface area contributed by atoms with Gasteiger partial charge in [0.1, 0.15) is 5.82 Å². The molecule has 0 aliphatic carbocycles. The lowest BCUT2D eigenvalue weighted by Crippen LogP contribution is -1.87. The Kier molecular flexibility index (Phi) is 2.69. The maximum absolute atomic E-state index is 5.49. The molecule has 2 heterocycles. The first-order valence-electron chi connectivity index (χ1n) is 4.05. The van der Waals surface area contributed by atoms with Crippen LogP contribution in [0, 0.1) is 6.92 Å². The first-order valence-corrected chi connectivity index (χ1v) is 5.75. The predicted octanol–water partition coefficient (Wildman–Crippen LogP) is 2.58. The SMILES string of the molecule is Cc1csc(Sc2ccc(N)nc2)n1. The van der Waals surface area contributed by atoms with E-state index in [2.05, 4.69) is 9.97 Å². The Morgan fingerprint density at radius 3 is 2.86 bits per heavy atom. The predicted molar refractivity (Wildman–Crippen MR) is 59.6 cm³/mol. The molecule has 2 aromatic rings. The third kappa shape index (κ3) is 2.24. The maximum Gasteiger partial charge on any atom is 0.154 e. The number of hydrogen-bond acceptors (Lipinski definition) is 5. The van der Waals surface area contributed by atoms with Crippen molar-refractivity contribution in [1.82, 2.24) is 9.97 Å². The van der Waals surface area contributed by atoms with Crippen molar-refractivity contribution in [1.29, 1.82) is 0 Å². The van der Waals surface area contributed by atoms with Gasteiger partial charge in [-0.1, -0.05) is 11.8 Å². The normalized spacial score (nSPS) is 10.4. The Bertz CT molecular complexity index is 422. The summed E-state index contributed by atoms with van der Waals surface area (Å²) in [6.45, 7) is 1.99. The molecule has 0 amide bonds. The Morgan fingerprint density at radius 2 is 2.29 bits per heavy atom. The smallest absolute Gasteiger partial charge is 0.154 e. The fourth-order valence-corrected chi connectivity index (χ4v) is 2.71. The van der Waals surface area contributed by atoms with E-state index in [-0.39, 0.29) is 0 Å². The van der Waals surface area contributed by atoms with Crippen molar-refractivity contribution in [3.8, 4) is 0 Å². The number of thiazole rings is 1. The summed E-state index contributed by atoms with van der Waals surface area (Å²) in [6, 6.07) is 3.74. The van der Waals surface area contributed by atoms with Gasteiger partial charge in [-0.2, -0.15) is 0 Å². The molecule has 0 aromatic carbocycles. The number of hydrogen-bond donors (Lipinski definition) is 1. The van der Waals surface area contributed by atoms with Crippen molar-refractivity contribution >= 4 is 28.9 Å². The summed E-state index contributed by atoms with van der Waals surface area (Å²) in [7, 11) is 0. The first kappa shape index (κ1) is 9.48. The summed E-state index contributed by atoms with van der Waals surface area (Å²) in [5.74, 6) is 0.546. The van der Waals surface area contributed by atoms with Gasteiger partial charge in [-0.15, -0.1) is 11.3 Å². The van der Waals surface area contributed by atoms with Gasteiger partial charge in [-0.3, -0.25) is 0 Å². The van der Waals surface area contributed by atoms with Crippen LogP contribution in [0.1, 0.15) is 5.69 Å². The summed E-state index contributed by atoms with van der Waals surface area (Å²) >= 11 is 3.25. The van der Waals surface area contributed by atoms with E-state index in [9.17, 15) is 0 Å². The first-order chi connectivity index (χ1) is 6.74. The third-order valence-corrected chi connectivity index (χ3v) is 3.60. The number of anilines is 1. The molecule has 0 unspecified atom stereocenters. The highest BCUT2D eigenvalue weighted by Crippen LogP contribution is 2.29. The molecule has 0 spiro atoms. The summed E-state index contributed by atoms with van der Waals surface area (Å²) in [5.41, 5.74) is 6.55. The number of nitrogens with zero attached hydrogens (tertiary/aromatic N) is 2. The van der Waals surface area contributed by atoms with Gasteiger partial charge in [0.25, 0.3) is 0 Å². The van der Waals surface area contributed by atoms with Crippen molar-refractivity contribution in [3.63, 3.8) is 0 Å². The molecule has 2 rings (SSSR count). The lowest BCUT2D eigenvalue weighted by atomic mass is 10.5. The lowest BCUT2D eigenvalue weighted by Gasteiger charge is -1.96. The Morgan fingerprint density at radius 1 is 1.43 bits per heavy atom. The van der Waals surface area contributed by atoms with Crippen LogP contribution in [0.5, 0.6) is 0 Å². The highest BCUT2D eigenvalue weighted by Gasteiger charge is 2.01. The fraction of sp³-hybridized carbons (Fsp3) is 0.111. The lowest BCUT2D eigenvalue weighted by molar-refractivity contribution is 1.15. The van der Waals surface area contributed by atoms with Gasteiger partial charge >= 0.3 is 0 Å². The molecule has 72 valence electrons. The van der Waals surface area contributed by atoms with Crippen LogP contribution in [0.25, 0.3) is 0 Å². The molecule has 0 bridgehead atoms. The monoisotopic (exact) mass is 223 g/mol. The van der Waals surface area contributed by atoms with Crippen LogP contribution in [0.3, 0.4) is 0 Å². The third-order valence-electron chi connectivity index (χ3n) is 1.56. The highest BCUT2D eigenvalue weighted by atomic mass is 32.2. The average molecular weight is 223 g/mol. The molecule has 0 aliphatic rings. The van der Waals surface area contributed by atoms with Gasteiger partial charge in [0.05, 0.1) is 0 Å². The van der Waals surface area contributed by atoms with Crippen LogP contribution in [-0.2, 0) is 0 Å². The number of pyridine rings is 1. The van der Waals surface area contributed by atoms with Crippen LogP contribution < -0.4 is 5.73 Å². The molecular formula is C9H9N3S2. The molecule has 0 saturated heterocycles. The molecule has 0 aliphatic heterocycles. The number of rotatable bonds is 2. The molecule has 0 saturated carbocycles. The molecule has 0 radical (unpaired) electrons. The number of nitrogen functional groups attached to an aromatic ring is 1.